The Morgan fingerprint density at radius 2 is 2.05 bits per heavy atom. The van der Waals surface area contributed by atoms with Crippen LogP contribution in [0, 0.1) is 12.7 Å². The van der Waals surface area contributed by atoms with E-state index in [9.17, 15) is 9.18 Å². The Balaban J connectivity index is 1.92. The van der Waals surface area contributed by atoms with Crippen LogP contribution in [0.15, 0.2) is 46.9 Å². The van der Waals surface area contributed by atoms with Crippen LogP contribution in [0.25, 0.3) is 11.0 Å². The molecule has 1 N–H and O–H groups in total. The highest BCUT2D eigenvalue weighted by molar-refractivity contribution is 6.34. The van der Waals surface area contributed by atoms with Crippen molar-refractivity contribution in [3.8, 4) is 0 Å². The smallest absolute Gasteiger partial charge is 0.260 e. The van der Waals surface area contributed by atoms with Gasteiger partial charge in [-0.3, -0.25) is 4.79 Å². The summed E-state index contributed by atoms with van der Waals surface area (Å²) < 4.78 is 19.2. The molecule has 2 aromatic carbocycles. The highest BCUT2D eigenvalue weighted by Gasteiger charge is 2.16. The van der Waals surface area contributed by atoms with Crippen LogP contribution < -0.4 is 5.32 Å². The second-order valence-electron chi connectivity index (χ2n) is 4.66. The Morgan fingerprint density at radius 3 is 2.81 bits per heavy atom. The normalized spacial score (nSPS) is 10.8. The van der Waals surface area contributed by atoms with E-state index >= 15 is 0 Å². The van der Waals surface area contributed by atoms with Crippen molar-refractivity contribution in [3.05, 3.63) is 64.6 Å². The molecule has 0 bridgehead atoms. The number of carbonyl (C=O) groups is 1. The van der Waals surface area contributed by atoms with Crippen molar-refractivity contribution in [3.63, 3.8) is 0 Å². The molecule has 106 valence electrons. The maximum atomic E-state index is 13.7. The number of halogens is 2. The molecule has 3 nitrogen and oxygen atoms in total. The van der Waals surface area contributed by atoms with Crippen LogP contribution in [0.3, 0.4) is 0 Å². The second kappa shape index (κ2) is 5.22. The van der Waals surface area contributed by atoms with E-state index in [0.717, 1.165) is 16.7 Å². The topological polar surface area (TPSA) is 42.2 Å². The van der Waals surface area contributed by atoms with E-state index in [1.807, 2.05) is 13.0 Å². The van der Waals surface area contributed by atoms with Gasteiger partial charge in [0.15, 0.2) is 0 Å². The van der Waals surface area contributed by atoms with Crippen LogP contribution in [-0.4, -0.2) is 5.91 Å². The van der Waals surface area contributed by atoms with Crippen LogP contribution in [0.5, 0.6) is 0 Å². The molecular weight excluding hydrogens is 293 g/mol. The van der Waals surface area contributed by atoms with Crippen molar-refractivity contribution in [1.82, 2.24) is 0 Å². The van der Waals surface area contributed by atoms with Gasteiger partial charge in [-0.2, -0.15) is 0 Å². The lowest BCUT2D eigenvalue weighted by Gasteiger charge is -2.07. The molecule has 0 unspecified atom stereocenters. The molecule has 3 aromatic rings. The Labute approximate surface area is 125 Å². The number of anilines is 1. The summed E-state index contributed by atoms with van der Waals surface area (Å²) in [6.45, 7) is 1.84. The number of aryl methyl sites for hydroxylation is 1. The first-order valence-electron chi connectivity index (χ1n) is 6.30. The van der Waals surface area contributed by atoms with Gasteiger partial charge in [-0.15, -0.1) is 0 Å². The first kappa shape index (κ1) is 13.6. The van der Waals surface area contributed by atoms with Crippen LogP contribution >= 0.6 is 11.6 Å². The molecule has 0 atom stereocenters. The summed E-state index contributed by atoms with van der Waals surface area (Å²) in [4.78, 5) is 12.1. The first-order chi connectivity index (χ1) is 10.0. The Morgan fingerprint density at radius 1 is 1.24 bits per heavy atom. The van der Waals surface area contributed by atoms with E-state index in [4.69, 9.17) is 16.0 Å². The fourth-order valence-corrected chi connectivity index (χ4v) is 2.41. The van der Waals surface area contributed by atoms with Crippen molar-refractivity contribution in [2.24, 2.45) is 0 Å². The summed E-state index contributed by atoms with van der Waals surface area (Å²) in [6, 6.07) is 11.2. The third kappa shape index (κ3) is 2.62. The number of carbonyl (C=O) groups excluding carboxylic acids is 1. The van der Waals surface area contributed by atoms with Crippen molar-refractivity contribution in [2.75, 3.05) is 5.32 Å². The number of nitrogens with one attached hydrogen (secondary N) is 1. The van der Waals surface area contributed by atoms with E-state index in [0.29, 0.717) is 5.69 Å². The molecule has 1 amide bonds. The minimum Gasteiger partial charge on any atom is -0.461 e. The monoisotopic (exact) mass is 303 g/mol. The minimum absolute atomic E-state index is 0.0766. The highest BCUT2D eigenvalue weighted by atomic mass is 35.5. The lowest BCUT2D eigenvalue weighted by Crippen LogP contribution is -2.14. The molecule has 0 aliphatic rings. The van der Waals surface area contributed by atoms with E-state index in [-0.39, 0.29) is 10.6 Å². The Hall–Kier alpha value is -2.33. The number of hydrogen-bond donors (Lipinski definition) is 1. The van der Waals surface area contributed by atoms with E-state index in [2.05, 4.69) is 5.32 Å². The van der Waals surface area contributed by atoms with Crippen LogP contribution in [0.2, 0.25) is 5.02 Å². The fraction of sp³-hybridized carbons (Fsp3) is 0.0625. The minimum atomic E-state index is -0.653. The SMILES string of the molecule is Cc1cc2cc(NC(=O)c3c(F)cccc3Cl)ccc2o1. The van der Waals surface area contributed by atoms with Crippen LogP contribution in [-0.2, 0) is 0 Å². The van der Waals surface area contributed by atoms with Gasteiger partial charge in [0.05, 0.1) is 10.6 Å². The lowest BCUT2D eigenvalue weighted by molar-refractivity contribution is 0.102. The Bertz CT molecular complexity index is 821. The molecule has 0 fully saturated rings. The number of hydrogen-bond acceptors (Lipinski definition) is 2. The van der Waals surface area contributed by atoms with Gasteiger partial charge in [0.25, 0.3) is 5.91 Å². The van der Waals surface area contributed by atoms with Crippen molar-refractivity contribution < 1.29 is 13.6 Å². The summed E-state index contributed by atoms with van der Waals surface area (Å²) in [6.07, 6.45) is 0. The number of rotatable bonds is 2. The third-order valence-corrected chi connectivity index (χ3v) is 3.40. The summed E-state index contributed by atoms with van der Waals surface area (Å²) in [5, 5.41) is 3.58. The van der Waals surface area contributed by atoms with Gasteiger partial charge >= 0.3 is 0 Å². The molecule has 0 aliphatic heterocycles. The van der Waals surface area contributed by atoms with E-state index in [1.54, 1.807) is 18.2 Å². The van der Waals surface area contributed by atoms with Gasteiger partial charge in [0.2, 0.25) is 0 Å². The zero-order chi connectivity index (χ0) is 15.0. The molecule has 0 radical (unpaired) electrons. The van der Waals surface area contributed by atoms with E-state index in [1.165, 1.54) is 18.2 Å². The quantitative estimate of drug-likeness (QED) is 0.740. The van der Waals surface area contributed by atoms with Gasteiger partial charge in [-0.1, -0.05) is 17.7 Å². The number of amides is 1. The molecular formula is C16H11ClFNO2. The average molecular weight is 304 g/mol. The zero-order valence-corrected chi connectivity index (χ0v) is 11.9. The van der Waals surface area contributed by atoms with Gasteiger partial charge < -0.3 is 9.73 Å². The largest absolute Gasteiger partial charge is 0.461 e. The Kier molecular flexibility index (Phi) is 3.39. The highest BCUT2D eigenvalue weighted by Crippen LogP contribution is 2.24. The van der Waals surface area contributed by atoms with Crippen LogP contribution in [0.4, 0.5) is 10.1 Å². The maximum Gasteiger partial charge on any atom is 0.260 e. The summed E-state index contributed by atoms with van der Waals surface area (Å²) in [7, 11) is 0. The molecule has 1 heterocycles. The molecule has 1 aromatic heterocycles. The van der Waals surface area contributed by atoms with Gasteiger partial charge in [0, 0.05) is 11.1 Å². The summed E-state index contributed by atoms with van der Waals surface area (Å²) >= 11 is 5.87. The summed E-state index contributed by atoms with van der Waals surface area (Å²) in [5.41, 5.74) is 1.12. The predicted molar refractivity (Wildman–Crippen MR) is 80.3 cm³/mol. The number of furan rings is 1. The number of fused-ring (bicyclic) bond motifs is 1. The standard InChI is InChI=1S/C16H11ClFNO2/c1-9-7-10-8-11(5-6-14(10)21-9)19-16(20)15-12(17)3-2-4-13(15)18/h2-8H,1H3,(H,19,20). The van der Waals surface area contributed by atoms with Gasteiger partial charge in [-0.25, -0.2) is 4.39 Å². The third-order valence-electron chi connectivity index (χ3n) is 3.09. The van der Waals surface area contributed by atoms with Crippen molar-refractivity contribution >= 4 is 34.2 Å². The van der Waals surface area contributed by atoms with Gasteiger partial charge in [-0.05, 0) is 43.3 Å². The summed E-state index contributed by atoms with van der Waals surface area (Å²) in [5.74, 6) is -0.455. The molecule has 0 saturated carbocycles. The first-order valence-corrected chi connectivity index (χ1v) is 6.68. The lowest BCUT2D eigenvalue weighted by atomic mass is 10.2. The molecule has 0 aliphatic carbocycles. The van der Waals surface area contributed by atoms with Gasteiger partial charge in [0.1, 0.15) is 17.2 Å². The molecule has 5 heteroatoms. The fourth-order valence-electron chi connectivity index (χ4n) is 2.16. The van der Waals surface area contributed by atoms with Crippen LogP contribution in [0.1, 0.15) is 16.1 Å². The molecule has 0 saturated heterocycles. The predicted octanol–water partition coefficient (Wildman–Crippen LogP) is 4.79. The average Bonchev–Trinajstić information content (AvgIpc) is 2.77. The molecule has 0 spiro atoms. The maximum absolute atomic E-state index is 13.7. The second-order valence-corrected chi connectivity index (χ2v) is 5.07. The molecule has 3 rings (SSSR count). The van der Waals surface area contributed by atoms with Crippen molar-refractivity contribution in [1.29, 1.82) is 0 Å². The molecule has 21 heavy (non-hydrogen) atoms. The van der Waals surface area contributed by atoms with E-state index < -0.39 is 11.7 Å². The zero-order valence-electron chi connectivity index (χ0n) is 11.1. The van der Waals surface area contributed by atoms with Crippen molar-refractivity contribution in [2.45, 2.75) is 6.92 Å². The number of benzene rings is 2.